The van der Waals surface area contributed by atoms with Crippen LogP contribution in [0, 0.1) is 11.8 Å². The lowest BCUT2D eigenvalue weighted by Gasteiger charge is -2.15. The molecule has 2 fully saturated rings. The fraction of sp³-hybridized carbons (Fsp3) is 0.188. The van der Waals surface area contributed by atoms with Gasteiger partial charge in [-0.25, -0.2) is 0 Å². The van der Waals surface area contributed by atoms with Crippen LogP contribution in [-0.2, 0) is 9.59 Å². The number of benzene rings is 4. The molecule has 2 aliphatic carbocycles. The summed E-state index contributed by atoms with van der Waals surface area (Å²) < 4.78 is 0. The summed E-state index contributed by atoms with van der Waals surface area (Å²) in [6.07, 6.45) is 1.74. The number of anilines is 2. The molecule has 178 valence electrons. The first kappa shape index (κ1) is 22.3. The van der Waals surface area contributed by atoms with Crippen molar-refractivity contribution in [2.24, 2.45) is 11.8 Å². The van der Waals surface area contributed by atoms with Crippen LogP contribution in [-0.4, -0.2) is 11.8 Å². The maximum atomic E-state index is 13.1. The van der Waals surface area contributed by atoms with Crippen molar-refractivity contribution in [1.29, 1.82) is 0 Å². The first-order chi connectivity index (χ1) is 17.7. The molecular weight excluding hydrogens is 444 g/mol. The minimum Gasteiger partial charge on any atom is -0.325 e. The molecule has 2 amide bonds. The van der Waals surface area contributed by atoms with E-state index in [-0.39, 0.29) is 35.5 Å². The van der Waals surface area contributed by atoms with Gasteiger partial charge in [0.15, 0.2) is 0 Å². The molecule has 4 heteroatoms. The van der Waals surface area contributed by atoms with Gasteiger partial charge in [-0.05, 0) is 47.9 Å². The molecule has 0 unspecified atom stereocenters. The normalized spacial score (nSPS) is 21.9. The summed E-state index contributed by atoms with van der Waals surface area (Å²) in [4.78, 5) is 26.2. The van der Waals surface area contributed by atoms with Crippen LogP contribution in [0.2, 0.25) is 0 Å². The molecule has 0 saturated heterocycles. The molecule has 0 spiro atoms. The minimum atomic E-state index is -0.0137. The highest BCUT2D eigenvalue weighted by molar-refractivity contribution is 6.03. The number of amides is 2. The van der Waals surface area contributed by atoms with Gasteiger partial charge in [-0.1, -0.05) is 97.1 Å². The van der Waals surface area contributed by atoms with Crippen LogP contribution < -0.4 is 10.6 Å². The van der Waals surface area contributed by atoms with E-state index < -0.39 is 0 Å². The van der Waals surface area contributed by atoms with Crippen molar-refractivity contribution in [3.8, 4) is 11.1 Å². The lowest BCUT2D eigenvalue weighted by molar-refractivity contribution is -0.118. The van der Waals surface area contributed by atoms with Crippen molar-refractivity contribution >= 4 is 23.2 Å². The highest BCUT2D eigenvalue weighted by Crippen LogP contribution is 2.49. The molecule has 4 aromatic rings. The number of hydrogen-bond donors (Lipinski definition) is 2. The van der Waals surface area contributed by atoms with Gasteiger partial charge < -0.3 is 10.6 Å². The van der Waals surface area contributed by atoms with Crippen LogP contribution in [0.5, 0.6) is 0 Å². The molecule has 0 bridgehead atoms. The van der Waals surface area contributed by atoms with E-state index in [1.807, 2.05) is 84.9 Å². The van der Waals surface area contributed by atoms with Crippen molar-refractivity contribution < 1.29 is 9.59 Å². The highest BCUT2D eigenvalue weighted by atomic mass is 16.2. The Morgan fingerprint density at radius 2 is 0.861 bits per heavy atom. The smallest absolute Gasteiger partial charge is 0.228 e. The number of hydrogen-bond acceptors (Lipinski definition) is 2. The Hall–Kier alpha value is -4.18. The number of nitrogens with one attached hydrogen (secondary N) is 2. The number of rotatable bonds is 7. The molecule has 2 aliphatic rings. The van der Waals surface area contributed by atoms with Crippen LogP contribution in [0.25, 0.3) is 11.1 Å². The van der Waals surface area contributed by atoms with Gasteiger partial charge in [0.05, 0.1) is 0 Å². The van der Waals surface area contributed by atoms with E-state index in [0.29, 0.717) is 0 Å². The van der Waals surface area contributed by atoms with E-state index in [1.54, 1.807) is 0 Å². The van der Waals surface area contributed by atoms with Crippen LogP contribution in [0.3, 0.4) is 0 Å². The predicted molar refractivity (Wildman–Crippen MR) is 144 cm³/mol. The number of carbonyl (C=O) groups is 2. The fourth-order valence-electron chi connectivity index (χ4n) is 5.21. The van der Waals surface area contributed by atoms with Gasteiger partial charge in [0, 0.05) is 34.3 Å². The van der Waals surface area contributed by atoms with Gasteiger partial charge in [-0.15, -0.1) is 0 Å². The van der Waals surface area contributed by atoms with E-state index in [1.165, 1.54) is 11.1 Å². The molecule has 0 radical (unpaired) electrons. The Morgan fingerprint density at radius 3 is 1.28 bits per heavy atom. The Balaban J connectivity index is 1.18. The van der Waals surface area contributed by atoms with E-state index >= 15 is 0 Å². The molecule has 36 heavy (non-hydrogen) atoms. The maximum Gasteiger partial charge on any atom is 0.228 e. The monoisotopic (exact) mass is 472 g/mol. The Morgan fingerprint density at radius 1 is 0.500 bits per heavy atom. The Kier molecular flexibility index (Phi) is 5.86. The second kappa shape index (κ2) is 9.46. The first-order valence-electron chi connectivity index (χ1n) is 12.6. The van der Waals surface area contributed by atoms with Crippen LogP contribution in [0.1, 0.15) is 35.8 Å². The molecule has 4 atom stereocenters. The molecule has 2 N–H and O–H groups in total. The van der Waals surface area contributed by atoms with Crippen molar-refractivity contribution in [1.82, 2.24) is 0 Å². The summed E-state index contributed by atoms with van der Waals surface area (Å²) in [5.74, 6) is 0.616. The molecule has 0 aromatic heterocycles. The predicted octanol–water partition coefficient (Wildman–Crippen LogP) is 6.84. The maximum absolute atomic E-state index is 13.1. The standard InChI is InChI=1S/C32H28N2O2/c35-31(27-19-25(27)21-11-3-1-4-12-21)33-29-17-9-7-15-23(29)24-16-8-10-18-30(24)34-32(36)28-20-26(28)22-13-5-2-6-14-22/h1-18,25-28H,19-20H2,(H,33,35)(H,34,36)/t25-,26-,27-,28+/m1/s1. The third-order valence-corrected chi connectivity index (χ3v) is 7.37. The quantitative estimate of drug-likeness (QED) is 0.309. The second-order valence-electron chi connectivity index (χ2n) is 9.79. The van der Waals surface area contributed by atoms with Crippen LogP contribution in [0.4, 0.5) is 11.4 Å². The number of para-hydroxylation sites is 2. The highest BCUT2D eigenvalue weighted by Gasteiger charge is 2.45. The lowest BCUT2D eigenvalue weighted by atomic mass is 10.0. The average Bonchev–Trinajstić information content (AvgIpc) is 3.84. The first-order valence-corrected chi connectivity index (χ1v) is 12.6. The fourth-order valence-corrected chi connectivity index (χ4v) is 5.21. The Bertz CT molecular complexity index is 1290. The van der Waals surface area contributed by atoms with Gasteiger partial charge in [0.2, 0.25) is 11.8 Å². The van der Waals surface area contributed by atoms with Crippen LogP contribution in [0.15, 0.2) is 109 Å². The van der Waals surface area contributed by atoms with Crippen molar-refractivity contribution in [2.75, 3.05) is 10.6 Å². The summed E-state index contributed by atoms with van der Waals surface area (Å²) in [5.41, 5.74) is 5.75. The van der Waals surface area contributed by atoms with Gasteiger partial charge in [0.1, 0.15) is 0 Å². The van der Waals surface area contributed by atoms with Gasteiger partial charge in [-0.2, -0.15) is 0 Å². The zero-order valence-corrected chi connectivity index (χ0v) is 19.9. The topological polar surface area (TPSA) is 58.2 Å². The molecule has 0 aliphatic heterocycles. The van der Waals surface area contributed by atoms with Gasteiger partial charge in [-0.3, -0.25) is 9.59 Å². The van der Waals surface area contributed by atoms with E-state index in [4.69, 9.17) is 0 Å². The van der Waals surface area contributed by atoms with Gasteiger partial charge >= 0.3 is 0 Å². The van der Waals surface area contributed by atoms with Crippen LogP contribution >= 0.6 is 0 Å². The summed E-state index contributed by atoms with van der Waals surface area (Å²) in [6, 6.07) is 36.1. The molecule has 4 nitrogen and oxygen atoms in total. The number of carbonyl (C=O) groups excluding carboxylic acids is 2. The van der Waals surface area contributed by atoms with Crippen molar-refractivity contribution in [3.05, 3.63) is 120 Å². The summed E-state index contributed by atoms with van der Waals surface area (Å²) in [5, 5.41) is 6.33. The lowest BCUT2D eigenvalue weighted by Crippen LogP contribution is -2.16. The van der Waals surface area contributed by atoms with Crippen molar-refractivity contribution in [2.45, 2.75) is 24.7 Å². The van der Waals surface area contributed by atoms with E-state index in [9.17, 15) is 9.59 Å². The minimum absolute atomic E-state index is 0.0137. The average molecular weight is 473 g/mol. The Labute approximate surface area is 211 Å². The third kappa shape index (κ3) is 4.55. The zero-order chi connectivity index (χ0) is 24.5. The molecule has 0 heterocycles. The SMILES string of the molecule is O=C(Nc1ccccc1-c1ccccc1NC(=O)[C@@H]1C[C@@H]1c1ccccc1)[C@H]1C[C@@H]1c1ccccc1. The summed E-state index contributed by atoms with van der Waals surface area (Å²) in [6.45, 7) is 0. The molecule has 4 aromatic carbocycles. The molecule has 2 saturated carbocycles. The zero-order valence-electron chi connectivity index (χ0n) is 19.9. The van der Waals surface area contributed by atoms with Gasteiger partial charge in [0.25, 0.3) is 0 Å². The van der Waals surface area contributed by atoms with E-state index in [2.05, 4.69) is 34.9 Å². The second-order valence-corrected chi connectivity index (χ2v) is 9.79. The summed E-state index contributed by atoms with van der Waals surface area (Å²) in [7, 11) is 0. The summed E-state index contributed by atoms with van der Waals surface area (Å²) >= 11 is 0. The molecule has 6 rings (SSSR count). The molecular formula is C32H28N2O2. The van der Waals surface area contributed by atoms with E-state index in [0.717, 1.165) is 35.3 Å². The van der Waals surface area contributed by atoms with Crippen molar-refractivity contribution in [3.63, 3.8) is 0 Å². The largest absolute Gasteiger partial charge is 0.325 e. The third-order valence-electron chi connectivity index (χ3n) is 7.37.